The van der Waals surface area contributed by atoms with Crippen LogP contribution in [0.4, 0.5) is 45.5 Å². The van der Waals surface area contributed by atoms with E-state index in [1.54, 1.807) is 0 Å². The van der Waals surface area contributed by atoms with E-state index in [2.05, 4.69) is 199 Å². The van der Waals surface area contributed by atoms with Gasteiger partial charge in [0.25, 0.3) is 6.71 Å². The number of para-hydroxylation sites is 3. The van der Waals surface area contributed by atoms with Crippen LogP contribution in [0.15, 0.2) is 170 Å². The van der Waals surface area contributed by atoms with E-state index < -0.39 is 0 Å². The average molecular weight is 646 g/mol. The molecule has 9 rings (SSSR count). The van der Waals surface area contributed by atoms with Gasteiger partial charge in [-0.25, -0.2) is 0 Å². The smallest absolute Gasteiger partial charge is 0.252 e. The third-order valence-corrected chi connectivity index (χ3v) is 10.4. The number of nitrogens with zero attached hydrogens (tertiary/aromatic N) is 3. The molecule has 0 saturated carbocycles. The topological polar surface area (TPSA) is 9.72 Å². The van der Waals surface area contributed by atoms with Crippen LogP contribution < -0.4 is 31.1 Å². The molecule has 4 heteroatoms. The molecule has 6 aromatic carbocycles. The summed E-state index contributed by atoms with van der Waals surface area (Å²) in [4.78, 5) is 7.41. The van der Waals surface area contributed by atoms with E-state index in [0.29, 0.717) is 0 Å². The van der Waals surface area contributed by atoms with Gasteiger partial charge in [0.1, 0.15) is 0 Å². The van der Waals surface area contributed by atoms with Crippen LogP contribution in [0.25, 0.3) is 0 Å². The van der Waals surface area contributed by atoms with Crippen molar-refractivity contribution in [2.45, 2.75) is 39.0 Å². The predicted molar refractivity (Wildman–Crippen MR) is 214 cm³/mol. The Morgan fingerprint density at radius 2 is 1.18 bits per heavy atom. The lowest BCUT2D eigenvalue weighted by Gasteiger charge is -2.44. The lowest BCUT2D eigenvalue weighted by molar-refractivity contribution is 0.590. The maximum absolute atomic E-state index is 2.51. The van der Waals surface area contributed by atoms with Gasteiger partial charge in [0.15, 0.2) is 0 Å². The highest BCUT2D eigenvalue weighted by Gasteiger charge is 2.43. The minimum atomic E-state index is 0.0702. The number of hydrogen-bond acceptors (Lipinski definition) is 3. The van der Waals surface area contributed by atoms with E-state index in [-0.39, 0.29) is 12.1 Å². The first-order valence-electron chi connectivity index (χ1n) is 17.8. The summed E-state index contributed by atoms with van der Waals surface area (Å²) in [6.45, 7) is 6.94. The number of fused-ring (bicyclic) bond motifs is 4. The highest BCUT2D eigenvalue weighted by atomic mass is 15.2. The van der Waals surface area contributed by atoms with Crippen LogP contribution >= 0.6 is 0 Å². The van der Waals surface area contributed by atoms with Gasteiger partial charge in [-0.05, 0) is 113 Å². The molecule has 1 aliphatic carbocycles. The Bertz CT molecular complexity index is 2270. The molecule has 0 saturated heterocycles. The Hall–Kier alpha value is -5.74. The molecule has 2 aliphatic heterocycles. The molecule has 6 aromatic rings. The lowest BCUT2D eigenvalue weighted by atomic mass is 9.33. The predicted octanol–water partition coefficient (Wildman–Crippen LogP) is 10.4. The third-order valence-electron chi connectivity index (χ3n) is 10.4. The fourth-order valence-corrected chi connectivity index (χ4v) is 8.09. The van der Waals surface area contributed by atoms with Crippen LogP contribution in [0.2, 0.25) is 0 Å². The minimum Gasteiger partial charge on any atom is -0.314 e. The molecule has 0 N–H and O–H groups in total. The fraction of sp³-hybridized carbons (Fsp3) is 0.130. The largest absolute Gasteiger partial charge is 0.314 e. The van der Waals surface area contributed by atoms with Crippen molar-refractivity contribution < 1.29 is 0 Å². The second kappa shape index (κ2) is 12.0. The summed E-state index contributed by atoms with van der Waals surface area (Å²) in [5, 5.41) is 0. The second-order valence-electron chi connectivity index (χ2n) is 14.5. The fourth-order valence-electron chi connectivity index (χ4n) is 8.09. The Balaban J connectivity index is 1.31. The van der Waals surface area contributed by atoms with Gasteiger partial charge < -0.3 is 14.7 Å². The zero-order chi connectivity index (χ0) is 33.8. The summed E-state index contributed by atoms with van der Waals surface area (Å²) >= 11 is 0. The summed E-state index contributed by atoms with van der Waals surface area (Å²) in [7, 11) is 0. The van der Waals surface area contributed by atoms with Crippen LogP contribution in [0.5, 0.6) is 0 Å². The van der Waals surface area contributed by atoms with Gasteiger partial charge in [-0.15, -0.1) is 0 Å². The number of hydrogen-bond donors (Lipinski definition) is 0. The first kappa shape index (κ1) is 30.3. The van der Waals surface area contributed by atoms with E-state index in [9.17, 15) is 0 Å². The molecule has 0 amide bonds. The van der Waals surface area contributed by atoms with Crippen molar-refractivity contribution >= 4 is 68.6 Å². The van der Waals surface area contributed by atoms with Gasteiger partial charge in [0.2, 0.25) is 0 Å². The Labute approximate surface area is 296 Å². The van der Waals surface area contributed by atoms with Crippen molar-refractivity contribution in [3.8, 4) is 0 Å². The number of benzene rings is 6. The molecule has 50 heavy (non-hydrogen) atoms. The molecule has 242 valence electrons. The quantitative estimate of drug-likeness (QED) is 0.173. The zero-order valence-electron chi connectivity index (χ0n) is 28.9. The van der Waals surface area contributed by atoms with Crippen molar-refractivity contribution in [2.75, 3.05) is 14.7 Å². The average Bonchev–Trinajstić information content (AvgIpc) is 3.16. The summed E-state index contributed by atoms with van der Waals surface area (Å²) in [5.41, 5.74) is 16.3. The van der Waals surface area contributed by atoms with Crippen molar-refractivity contribution in [3.63, 3.8) is 0 Å². The van der Waals surface area contributed by atoms with Crippen molar-refractivity contribution in [1.29, 1.82) is 0 Å². The molecule has 0 spiro atoms. The van der Waals surface area contributed by atoms with Crippen LogP contribution in [0.1, 0.15) is 39.2 Å². The first-order chi connectivity index (χ1) is 24.5. The highest BCUT2D eigenvalue weighted by molar-refractivity contribution is 7.00. The molecule has 3 nitrogen and oxygen atoms in total. The molecule has 0 atom stereocenters. The Morgan fingerprint density at radius 3 is 1.88 bits per heavy atom. The van der Waals surface area contributed by atoms with Gasteiger partial charge in [-0.3, -0.25) is 0 Å². The highest BCUT2D eigenvalue weighted by Crippen LogP contribution is 2.45. The summed E-state index contributed by atoms with van der Waals surface area (Å²) in [6, 6.07) is 53.8. The van der Waals surface area contributed by atoms with Crippen molar-refractivity contribution in [2.24, 2.45) is 0 Å². The molecular formula is C46H40BN3. The second-order valence-corrected chi connectivity index (χ2v) is 14.5. The van der Waals surface area contributed by atoms with E-state index in [0.717, 1.165) is 12.8 Å². The number of anilines is 8. The minimum absolute atomic E-state index is 0.0702. The summed E-state index contributed by atoms with van der Waals surface area (Å²) < 4.78 is 0. The van der Waals surface area contributed by atoms with E-state index >= 15 is 0 Å². The SMILES string of the molecule is CC(C)(C)c1ccc(N2c3cc(N(C4=CC=CCC4)c4ccccc4)ccc3B3c4ccccc4N(c4ccccc4)c4cccc2c43)cc1. The maximum Gasteiger partial charge on any atom is 0.252 e. The zero-order valence-corrected chi connectivity index (χ0v) is 28.9. The van der Waals surface area contributed by atoms with Crippen LogP contribution in [-0.2, 0) is 5.41 Å². The molecule has 0 unspecified atom stereocenters. The molecule has 3 aliphatic rings. The van der Waals surface area contributed by atoms with E-state index in [1.807, 2.05) is 0 Å². The monoisotopic (exact) mass is 645 g/mol. The maximum atomic E-state index is 2.51. The number of allylic oxidation sites excluding steroid dienone is 4. The summed E-state index contributed by atoms with van der Waals surface area (Å²) in [6.07, 6.45) is 8.77. The van der Waals surface area contributed by atoms with Crippen LogP contribution in [-0.4, -0.2) is 6.71 Å². The van der Waals surface area contributed by atoms with Gasteiger partial charge in [0, 0.05) is 51.2 Å². The van der Waals surface area contributed by atoms with Crippen molar-refractivity contribution in [3.05, 3.63) is 175 Å². The molecular weight excluding hydrogens is 605 g/mol. The van der Waals surface area contributed by atoms with Gasteiger partial charge in [0.05, 0.1) is 0 Å². The van der Waals surface area contributed by atoms with Gasteiger partial charge in [-0.1, -0.05) is 112 Å². The third kappa shape index (κ3) is 4.98. The standard InChI is InChI=1S/C46H40BN3/c1-46(2,3)33-26-28-37(29-27-33)50-43-25-15-24-42-45(43)47(39-22-13-14-23-41(39)49(42)36-20-11-6-12-21-36)40-31-30-38(32-44(40)50)48(34-16-7-4-8-17-34)35-18-9-5-10-19-35/h4-9,11-18,20-32H,10,19H2,1-3H3. The Morgan fingerprint density at radius 1 is 0.560 bits per heavy atom. The van der Waals surface area contributed by atoms with Crippen molar-refractivity contribution in [1.82, 2.24) is 0 Å². The normalized spacial score (nSPS) is 14.5. The van der Waals surface area contributed by atoms with Gasteiger partial charge >= 0.3 is 0 Å². The molecule has 0 fully saturated rings. The molecule has 2 heterocycles. The molecule has 0 radical (unpaired) electrons. The van der Waals surface area contributed by atoms with Gasteiger partial charge in [-0.2, -0.15) is 0 Å². The van der Waals surface area contributed by atoms with Crippen LogP contribution in [0.3, 0.4) is 0 Å². The first-order valence-corrected chi connectivity index (χ1v) is 17.8. The summed E-state index contributed by atoms with van der Waals surface area (Å²) in [5.74, 6) is 0. The molecule has 0 aromatic heterocycles. The van der Waals surface area contributed by atoms with Crippen LogP contribution in [0, 0.1) is 0 Å². The van der Waals surface area contributed by atoms with E-state index in [4.69, 9.17) is 0 Å². The Kier molecular flexibility index (Phi) is 7.28. The molecule has 0 bridgehead atoms. The number of rotatable bonds is 5. The lowest BCUT2D eigenvalue weighted by Crippen LogP contribution is -2.61. The van der Waals surface area contributed by atoms with E-state index in [1.165, 1.54) is 73.1 Å².